The topological polar surface area (TPSA) is 58.6 Å². The minimum Gasteiger partial charge on any atom is -0.496 e. The number of nitrogens with zero attached hydrogens (tertiary/aromatic N) is 1. The van der Waals surface area contributed by atoms with Gasteiger partial charge in [0, 0.05) is 0 Å². The highest BCUT2D eigenvalue weighted by atomic mass is 16.5. The predicted octanol–water partition coefficient (Wildman–Crippen LogP) is 3.59. The SMILES string of the molecule is COc1ccc(C2(C)NC(=O)N(Cc3ccc(C)cc3C)C2=O)cc1C. The van der Waals surface area contributed by atoms with Crippen LogP contribution in [0.5, 0.6) is 5.75 Å². The quantitative estimate of drug-likeness (QED) is 0.856. The maximum absolute atomic E-state index is 13.1. The molecular formula is C21H24N2O3. The van der Waals surface area contributed by atoms with Gasteiger partial charge >= 0.3 is 6.03 Å². The lowest BCUT2D eigenvalue weighted by atomic mass is 9.90. The van der Waals surface area contributed by atoms with E-state index in [-0.39, 0.29) is 18.5 Å². The summed E-state index contributed by atoms with van der Waals surface area (Å²) in [5, 5.41) is 2.86. The molecule has 1 heterocycles. The van der Waals surface area contributed by atoms with Crippen LogP contribution in [-0.2, 0) is 16.9 Å². The number of nitrogens with one attached hydrogen (secondary N) is 1. The molecule has 1 N–H and O–H groups in total. The Bertz CT molecular complexity index is 891. The number of hydrogen-bond donors (Lipinski definition) is 1. The monoisotopic (exact) mass is 352 g/mol. The van der Waals surface area contributed by atoms with Crippen molar-refractivity contribution in [3.63, 3.8) is 0 Å². The van der Waals surface area contributed by atoms with Crippen LogP contribution in [0.15, 0.2) is 36.4 Å². The Morgan fingerprint density at radius 1 is 1.04 bits per heavy atom. The Kier molecular flexibility index (Phi) is 4.48. The van der Waals surface area contributed by atoms with E-state index in [1.165, 1.54) is 4.90 Å². The van der Waals surface area contributed by atoms with Gasteiger partial charge < -0.3 is 10.1 Å². The van der Waals surface area contributed by atoms with E-state index >= 15 is 0 Å². The summed E-state index contributed by atoms with van der Waals surface area (Å²) in [6, 6.07) is 11.2. The molecule has 1 aliphatic heterocycles. The third-order valence-electron chi connectivity index (χ3n) is 5.07. The van der Waals surface area contributed by atoms with E-state index in [0.29, 0.717) is 0 Å². The molecule has 2 aromatic rings. The zero-order valence-corrected chi connectivity index (χ0v) is 15.8. The van der Waals surface area contributed by atoms with E-state index in [1.54, 1.807) is 14.0 Å². The Morgan fingerprint density at radius 2 is 1.77 bits per heavy atom. The van der Waals surface area contributed by atoms with Crippen LogP contribution < -0.4 is 10.1 Å². The molecule has 136 valence electrons. The first-order valence-corrected chi connectivity index (χ1v) is 8.61. The van der Waals surface area contributed by atoms with Gasteiger partial charge in [-0.2, -0.15) is 0 Å². The molecule has 1 unspecified atom stereocenters. The van der Waals surface area contributed by atoms with Gasteiger partial charge in [-0.25, -0.2) is 4.79 Å². The molecule has 0 radical (unpaired) electrons. The van der Waals surface area contributed by atoms with Crippen molar-refractivity contribution in [1.82, 2.24) is 10.2 Å². The first-order chi connectivity index (χ1) is 12.3. The summed E-state index contributed by atoms with van der Waals surface area (Å²) in [5.74, 6) is 0.508. The van der Waals surface area contributed by atoms with Gasteiger partial charge in [0.25, 0.3) is 5.91 Å². The van der Waals surface area contributed by atoms with Gasteiger partial charge in [-0.1, -0.05) is 29.8 Å². The average molecular weight is 352 g/mol. The number of rotatable bonds is 4. The van der Waals surface area contributed by atoms with Crippen LogP contribution in [-0.4, -0.2) is 23.9 Å². The molecule has 0 saturated carbocycles. The third kappa shape index (κ3) is 2.94. The lowest BCUT2D eigenvalue weighted by molar-refractivity contribution is -0.131. The first kappa shape index (κ1) is 18.0. The van der Waals surface area contributed by atoms with Crippen molar-refractivity contribution in [2.45, 2.75) is 39.8 Å². The van der Waals surface area contributed by atoms with E-state index in [4.69, 9.17) is 4.74 Å². The molecule has 5 nitrogen and oxygen atoms in total. The number of benzene rings is 2. The van der Waals surface area contributed by atoms with Crippen molar-refractivity contribution >= 4 is 11.9 Å². The molecule has 1 atom stereocenters. The van der Waals surface area contributed by atoms with Gasteiger partial charge in [0.05, 0.1) is 13.7 Å². The second kappa shape index (κ2) is 6.48. The summed E-state index contributed by atoms with van der Waals surface area (Å²) >= 11 is 0. The molecule has 1 fully saturated rings. The molecule has 5 heteroatoms. The molecule has 1 aliphatic rings. The summed E-state index contributed by atoms with van der Waals surface area (Å²) in [7, 11) is 1.61. The molecule has 26 heavy (non-hydrogen) atoms. The fourth-order valence-corrected chi connectivity index (χ4v) is 3.42. The van der Waals surface area contributed by atoms with Crippen molar-refractivity contribution in [2.75, 3.05) is 7.11 Å². The second-order valence-electron chi connectivity index (χ2n) is 7.06. The fraction of sp³-hybridized carbons (Fsp3) is 0.333. The summed E-state index contributed by atoms with van der Waals surface area (Å²) in [5.41, 5.74) is 3.78. The van der Waals surface area contributed by atoms with Crippen LogP contribution in [0.25, 0.3) is 0 Å². The Morgan fingerprint density at radius 3 is 2.38 bits per heavy atom. The smallest absolute Gasteiger partial charge is 0.325 e. The van der Waals surface area contributed by atoms with Gasteiger partial charge in [-0.3, -0.25) is 9.69 Å². The van der Waals surface area contributed by atoms with Crippen molar-refractivity contribution in [1.29, 1.82) is 0 Å². The van der Waals surface area contributed by atoms with E-state index in [9.17, 15) is 9.59 Å². The predicted molar refractivity (Wildman–Crippen MR) is 100 cm³/mol. The average Bonchev–Trinajstić information content (AvgIpc) is 2.81. The highest BCUT2D eigenvalue weighted by Gasteiger charge is 2.49. The highest BCUT2D eigenvalue weighted by molar-refractivity contribution is 6.07. The number of carbonyl (C=O) groups is 2. The molecule has 0 bridgehead atoms. The van der Waals surface area contributed by atoms with E-state index in [1.807, 2.05) is 51.1 Å². The van der Waals surface area contributed by atoms with Crippen molar-refractivity contribution in [3.8, 4) is 5.75 Å². The Labute approximate surface area is 154 Å². The number of carbonyl (C=O) groups excluding carboxylic acids is 2. The molecule has 2 aromatic carbocycles. The number of amides is 3. The fourth-order valence-electron chi connectivity index (χ4n) is 3.42. The molecular weight excluding hydrogens is 328 g/mol. The molecule has 3 amide bonds. The number of methoxy groups -OCH3 is 1. The molecule has 1 saturated heterocycles. The van der Waals surface area contributed by atoms with Crippen molar-refractivity contribution in [2.24, 2.45) is 0 Å². The molecule has 3 rings (SSSR count). The molecule has 0 aromatic heterocycles. The van der Waals surface area contributed by atoms with Gasteiger partial charge in [0.15, 0.2) is 0 Å². The van der Waals surface area contributed by atoms with Crippen LogP contribution >= 0.6 is 0 Å². The number of hydrogen-bond acceptors (Lipinski definition) is 3. The van der Waals surface area contributed by atoms with Gasteiger partial charge in [0.1, 0.15) is 11.3 Å². The summed E-state index contributed by atoms with van der Waals surface area (Å²) in [6.07, 6.45) is 0. The van der Waals surface area contributed by atoms with Crippen LogP contribution in [0.2, 0.25) is 0 Å². The maximum Gasteiger partial charge on any atom is 0.325 e. The van der Waals surface area contributed by atoms with E-state index in [0.717, 1.165) is 33.6 Å². The number of imide groups is 1. The van der Waals surface area contributed by atoms with Gasteiger partial charge in [-0.05, 0) is 62.1 Å². The number of ether oxygens (including phenoxy) is 1. The normalized spacial score (nSPS) is 19.7. The number of urea groups is 1. The Hall–Kier alpha value is -2.82. The zero-order valence-electron chi connectivity index (χ0n) is 15.8. The van der Waals surface area contributed by atoms with Crippen LogP contribution in [0.1, 0.15) is 34.7 Å². The largest absolute Gasteiger partial charge is 0.496 e. The standard InChI is InChI=1S/C21H24N2O3/c1-13-6-7-16(14(2)10-13)12-23-19(24)21(4,22-20(23)25)17-8-9-18(26-5)15(3)11-17/h6-11H,12H2,1-5H3,(H,22,25). The third-order valence-corrected chi connectivity index (χ3v) is 5.07. The van der Waals surface area contributed by atoms with Crippen LogP contribution in [0.3, 0.4) is 0 Å². The lowest BCUT2D eigenvalue weighted by Crippen LogP contribution is -2.40. The second-order valence-corrected chi connectivity index (χ2v) is 7.06. The first-order valence-electron chi connectivity index (χ1n) is 8.61. The summed E-state index contributed by atoms with van der Waals surface area (Å²) in [6.45, 7) is 7.94. The van der Waals surface area contributed by atoms with Crippen LogP contribution in [0, 0.1) is 20.8 Å². The summed E-state index contributed by atoms with van der Waals surface area (Å²) < 4.78 is 5.28. The summed E-state index contributed by atoms with van der Waals surface area (Å²) in [4.78, 5) is 26.9. The van der Waals surface area contributed by atoms with Crippen molar-refractivity contribution < 1.29 is 14.3 Å². The van der Waals surface area contributed by atoms with E-state index < -0.39 is 5.54 Å². The number of aryl methyl sites for hydroxylation is 3. The zero-order chi connectivity index (χ0) is 19.1. The lowest BCUT2D eigenvalue weighted by Gasteiger charge is -2.23. The minimum absolute atomic E-state index is 0.243. The van der Waals surface area contributed by atoms with E-state index in [2.05, 4.69) is 11.4 Å². The van der Waals surface area contributed by atoms with Gasteiger partial charge in [-0.15, -0.1) is 0 Å². The van der Waals surface area contributed by atoms with Crippen molar-refractivity contribution in [3.05, 3.63) is 64.2 Å². The van der Waals surface area contributed by atoms with Crippen LogP contribution in [0.4, 0.5) is 4.79 Å². The highest BCUT2D eigenvalue weighted by Crippen LogP contribution is 2.32. The Balaban J connectivity index is 1.91. The maximum atomic E-state index is 13.1. The van der Waals surface area contributed by atoms with Gasteiger partial charge in [0.2, 0.25) is 0 Å². The molecule has 0 aliphatic carbocycles. The minimum atomic E-state index is -1.08. The molecule has 0 spiro atoms.